The van der Waals surface area contributed by atoms with Gasteiger partial charge in [-0.15, -0.1) is 0 Å². The van der Waals surface area contributed by atoms with Crippen molar-refractivity contribution in [3.8, 4) is 22.4 Å². The number of aromatic nitrogens is 2. The Bertz CT molecular complexity index is 2300. The zero-order valence-electron chi connectivity index (χ0n) is 34.4. The number of nitrogens with zero attached hydrogens (tertiary/aromatic N) is 4. The van der Waals surface area contributed by atoms with Gasteiger partial charge in [0.25, 0.3) is 0 Å². The number of halogens is 1. The number of fused-ring (bicyclic) bond motifs is 1. The Morgan fingerprint density at radius 1 is 0.729 bits per heavy atom. The molecule has 3 aliphatic heterocycles. The van der Waals surface area contributed by atoms with Crippen LogP contribution < -0.4 is 10.6 Å². The second kappa shape index (κ2) is 17.7. The molecule has 1 aromatic heterocycles. The van der Waals surface area contributed by atoms with Crippen LogP contribution in [0.25, 0.3) is 38.7 Å². The molecule has 3 aliphatic rings. The predicted octanol–water partition coefficient (Wildman–Crippen LogP) is 8.06. The number of benzene rings is 3. The van der Waals surface area contributed by atoms with Crippen molar-refractivity contribution in [2.75, 3.05) is 27.3 Å². The van der Waals surface area contributed by atoms with Crippen LogP contribution in [0.4, 0.5) is 9.59 Å². The van der Waals surface area contributed by atoms with E-state index >= 15 is 0 Å². The molecule has 3 N–H and O–H groups in total. The first kappa shape index (κ1) is 41.5. The molecule has 13 nitrogen and oxygen atoms in total. The van der Waals surface area contributed by atoms with E-state index < -0.39 is 24.3 Å². The Hall–Kier alpha value is -5.69. The van der Waals surface area contributed by atoms with Crippen LogP contribution in [-0.4, -0.2) is 94.9 Å². The minimum Gasteiger partial charge on any atom is -0.453 e. The predicted molar refractivity (Wildman–Crippen MR) is 229 cm³/mol. The SMILES string of the molecule is COC(=O)N[C@H](C(=O)N1CCC[C@H]1C1=NC(Cl)=C(c2ccc(-c3ccc4cc(-c5cnc([C@@H]6CCCN6C(=O)[C@@H](NC(=O)OC)C(C)C)[nH]5)ccc4c3)cc2)C1)C(C)C. The van der Waals surface area contributed by atoms with Crippen LogP contribution >= 0.6 is 11.6 Å². The molecule has 3 aromatic carbocycles. The Balaban J connectivity index is 1.01. The number of nitrogens with one attached hydrogen (secondary N) is 3. The lowest BCUT2D eigenvalue weighted by molar-refractivity contribution is -0.135. The van der Waals surface area contributed by atoms with Gasteiger partial charge >= 0.3 is 12.2 Å². The zero-order chi connectivity index (χ0) is 42.0. The number of amides is 4. The molecule has 0 radical (unpaired) electrons. The van der Waals surface area contributed by atoms with E-state index in [1.807, 2.05) is 43.7 Å². The molecule has 59 heavy (non-hydrogen) atoms. The van der Waals surface area contributed by atoms with Gasteiger partial charge in [0.1, 0.15) is 23.1 Å². The van der Waals surface area contributed by atoms with E-state index in [0.29, 0.717) is 24.7 Å². The molecule has 2 fully saturated rings. The summed E-state index contributed by atoms with van der Waals surface area (Å²) in [6, 6.07) is 19.3. The number of allylic oxidation sites excluding steroid dienone is 1. The molecule has 0 saturated carbocycles. The number of likely N-dealkylation sites (tertiary alicyclic amines) is 2. The Labute approximate surface area is 349 Å². The second-order valence-corrected chi connectivity index (χ2v) is 16.5. The van der Waals surface area contributed by atoms with Crippen molar-refractivity contribution in [1.82, 2.24) is 30.4 Å². The quantitative estimate of drug-likeness (QED) is 0.129. The number of hydrogen-bond acceptors (Lipinski definition) is 8. The molecule has 14 heteroatoms. The molecule has 4 aromatic rings. The van der Waals surface area contributed by atoms with Crippen LogP contribution in [0.5, 0.6) is 0 Å². The Kier molecular flexibility index (Phi) is 12.4. The topological polar surface area (TPSA) is 158 Å². The molecule has 4 atom stereocenters. The van der Waals surface area contributed by atoms with Crippen molar-refractivity contribution >= 4 is 57.7 Å². The lowest BCUT2D eigenvalue weighted by atomic mass is 9.95. The van der Waals surface area contributed by atoms with E-state index in [1.165, 1.54) is 14.2 Å². The largest absolute Gasteiger partial charge is 0.453 e. The summed E-state index contributed by atoms with van der Waals surface area (Å²) in [6.45, 7) is 8.79. The summed E-state index contributed by atoms with van der Waals surface area (Å²) in [7, 11) is 2.58. The lowest BCUT2D eigenvalue weighted by Gasteiger charge is -2.31. The number of alkyl carbamates (subject to hydrolysis) is 2. The highest BCUT2D eigenvalue weighted by molar-refractivity contribution is 6.35. The maximum Gasteiger partial charge on any atom is 0.407 e. The standard InChI is InChI=1S/C45H52ClN7O6/c1-25(2)38(50-44(56)58-5)42(54)52-19-7-9-36(52)34-23-33(40(46)48-34)28-13-11-27(12-14-28)29-15-16-31-22-32(18-17-30(31)21-29)35-24-47-41(49-35)37-10-8-20-53(37)43(55)39(26(3)4)51-45(57)59-6/h11-18,21-22,24-26,36-39H,7-10,19-20,23H2,1-6H3,(H,47,49)(H,50,56)(H,51,57)/t36-,37-,38-,39-/m0/s1. The van der Waals surface area contributed by atoms with Gasteiger partial charge in [-0.05, 0) is 77.1 Å². The van der Waals surface area contributed by atoms with Crippen LogP contribution in [0, 0.1) is 11.8 Å². The third-order valence-corrected chi connectivity index (χ3v) is 12.0. The van der Waals surface area contributed by atoms with Crippen LogP contribution in [0.15, 0.2) is 77.0 Å². The van der Waals surface area contributed by atoms with Crippen molar-refractivity contribution in [3.05, 3.63) is 83.4 Å². The summed E-state index contributed by atoms with van der Waals surface area (Å²) < 4.78 is 9.54. The number of methoxy groups -OCH3 is 2. The first-order valence-electron chi connectivity index (χ1n) is 20.3. The monoisotopic (exact) mass is 821 g/mol. The third-order valence-electron chi connectivity index (χ3n) is 11.7. The second-order valence-electron chi connectivity index (χ2n) is 16.2. The molecular weight excluding hydrogens is 770 g/mol. The van der Waals surface area contributed by atoms with E-state index in [4.69, 9.17) is 31.1 Å². The Morgan fingerprint density at radius 2 is 1.24 bits per heavy atom. The average molecular weight is 822 g/mol. The van der Waals surface area contributed by atoms with E-state index in [1.54, 1.807) is 0 Å². The zero-order valence-corrected chi connectivity index (χ0v) is 35.1. The summed E-state index contributed by atoms with van der Waals surface area (Å²) in [5.41, 5.74) is 6.77. The highest BCUT2D eigenvalue weighted by atomic mass is 35.5. The number of H-pyrrole nitrogens is 1. The molecule has 4 amide bonds. The highest BCUT2D eigenvalue weighted by Gasteiger charge is 2.40. The van der Waals surface area contributed by atoms with Crippen molar-refractivity contribution < 1.29 is 28.7 Å². The van der Waals surface area contributed by atoms with E-state index in [9.17, 15) is 19.2 Å². The van der Waals surface area contributed by atoms with E-state index in [2.05, 4.69) is 76.3 Å². The van der Waals surface area contributed by atoms with Crippen molar-refractivity contribution in [3.63, 3.8) is 0 Å². The third kappa shape index (κ3) is 8.71. The van der Waals surface area contributed by atoms with Gasteiger partial charge in [-0.2, -0.15) is 0 Å². The fraction of sp³-hybridized carbons (Fsp3) is 0.422. The first-order chi connectivity index (χ1) is 28.4. The maximum absolute atomic E-state index is 13.6. The number of hydrogen-bond donors (Lipinski definition) is 3. The fourth-order valence-electron chi connectivity index (χ4n) is 8.46. The summed E-state index contributed by atoms with van der Waals surface area (Å²) in [5.74, 6) is 0.226. The average Bonchev–Trinajstić information content (AvgIpc) is 4.08. The number of aliphatic imine (C=N–C) groups is 1. The summed E-state index contributed by atoms with van der Waals surface area (Å²) in [6.07, 6.45) is 4.37. The normalized spacial score (nSPS) is 19.0. The number of carbonyl (C=O) groups excluding carboxylic acids is 4. The van der Waals surface area contributed by atoms with E-state index in [-0.39, 0.29) is 35.7 Å². The number of rotatable bonds is 11. The van der Waals surface area contributed by atoms with Crippen molar-refractivity contribution in [2.24, 2.45) is 16.8 Å². The molecule has 0 unspecified atom stereocenters. The van der Waals surface area contributed by atoms with Gasteiger partial charge in [-0.1, -0.05) is 87.8 Å². The summed E-state index contributed by atoms with van der Waals surface area (Å²) >= 11 is 6.76. The molecule has 0 aliphatic carbocycles. The van der Waals surface area contributed by atoms with Gasteiger partial charge in [0, 0.05) is 36.4 Å². The lowest BCUT2D eigenvalue weighted by Crippen LogP contribution is -2.53. The molecular formula is C45H52ClN7O6. The van der Waals surface area contributed by atoms with Gasteiger partial charge in [-0.25, -0.2) is 19.6 Å². The maximum atomic E-state index is 13.6. The van der Waals surface area contributed by atoms with Gasteiger partial charge in [-0.3, -0.25) is 9.59 Å². The van der Waals surface area contributed by atoms with Crippen LogP contribution in [0.2, 0.25) is 0 Å². The van der Waals surface area contributed by atoms with Gasteiger partial charge < -0.3 is 34.9 Å². The fourth-order valence-corrected chi connectivity index (χ4v) is 8.74. The molecule has 0 bridgehead atoms. The smallest absolute Gasteiger partial charge is 0.407 e. The van der Waals surface area contributed by atoms with Gasteiger partial charge in [0.05, 0.1) is 38.2 Å². The number of carbonyl (C=O) groups is 4. The van der Waals surface area contributed by atoms with Crippen molar-refractivity contribution in [2.45, 2.75) is 84.0 Å². The number of aromatic amines is 1. The highest BCUT2D eigenvalue weighted by Crippen LogP contribution is 2.38. The Morgan fingerprint density at radius 3 is 1.81 bits per heavy atom. The molecule has 4 heterocycles. The van der Waals surface area contributed by atoms with Crippen molar-refractivity contribution in [1.29, 1.82) is 0 Å². The van der Waals surface area contributed by atoms with Gasteiger partial charge in [0.2, 0.25) is 11.8 Å². The number of ether oxygens (including phenoxy) is 2. The van der Waals surface area contributed by atoms with Crippen LogP contribution in [0.3, 0.4) is 0 Å². The van der Waals surface area contributed by atoms with Crippen LogP contribution in [0.1, 0.15) is 77.2 Å². The summed E-state index contributed by atoms with van der Waals surface area (Å²) in [5, 5.41) is 8.02. The molecule has 310 valence electrons. The minimum absolute atomic E-state index is 0.108. The molecule has 0 spiro atoms. The number of imidazole rings is 1. The summed E-state index contributed by atoms with van der Waals surface area (Å²) in [4.78, 5) is 67.8. The van der Waals surface area contributed by atoms with Gasteiger partial charge in [0.15, 0.2) is 0 Å². The minimum atomic E-state index is -0.696. The van der Waals surface area contributed by atoms with Crippen LogP contribution in [-0.2, 0) is 19.1 Å². The molecule has 7 rings (SSSR count). The van der Waals surface area contributed by atoms with E-state index in [0.717, 1.165) is 81.5 Å². The molecule has 2 saturated heterocycles. The first-order valence-corrected chi connectivity index (χ1v) is 20.7.